The first-order valence-electron chi connectivity index (χ1n) is 9.05. The summed E-state index contributed by atoms with van der Waals surface area (Å²) in [7, 11) is 0. The summed E-state index contributed by atoms with van der Waals surface area (Å²) in [6, 6.07) is 0. The topological polar surface area (TPSA) is 179 Å². The lowest BCUT2D eigenvalue weighted by molar-refractivity contribution is -0.359. The zero-order valence-corrected chi connectivity index (χ0v) is 15.1. The SMILES string of the molecule is CCCCO[C@@H]1O[C@H](CO)[C@@H](O[C@@H]2O[C@H](CO)[C@H](O)[C@H](O)[C@H]2O)[C@H](O)[C@H]1O. The average molecular weight is 398 g/mol. The Labute approximate surface area is 156 Å². The smallest absolute Gasteiger partial charge is 0.187 e. The highest BCUT2D eigenvalue weighted by Gasteiger charge is 2.50. The van der Waals surface area contributed by atoms with Crippen LogP contribution in [0.2, 0.25) is 0 Å². The molecular formula is C16H30O11. The summed E-state index contributed by atoms with van der Waals surface area (Å²) in [4.78, 5) is 0. The number of aliphatic hydroxyl groups is 7. The molecule has 11 nitrogen and oxygen atoms in total. The van der Waals surface area contributed by atoms with E-state index in [0.29, 0.717) is 6.61 Å². The van der Waals surface area contributed by atoms with Gasteiger partial charge in [-0.1, -0.05) is 13.3 Å². The van der Waals surface area contributed by atoms with Crippen molar-refractivity contribution < 1.29 is 54.7 Å². The molecule has 7 N–H and O–H groups in total. The second-order valence-corrected chi connectivity index (χ2v) is 6.73. The van der Waals surface area contributed by atoms with E-state index in [-0.39, 0.29) is 0 Å². The molecular weight excluding hydrogens is 368 g/mol. The molecule has 2 aliphatic rings. The Morgan fingerprint density at radius 3 is 1.93 bits per heavy atom. The Morgan fingerprint density at radius 1 is 0.741 bits per heavy atom. The molecule has 0 aromatic rings. The fraction of sp³-hybridized carbons (Fsp3) is 1.00. The minimum absolute atomic E-state index is 0.293. The molecule has 160 valence electrons. The van der Waals surface area contributed by atoms with Crippen LogP contribution in [0.15, 0.2) is 0 Å². The number of ether oxygens (including phenoxy) is 4. The van der Waals surface area contributed by atoms with Gasteiger partial charge in [-0.3, -0.25) is 0 Å². The summed E-state index contributed by atoms with van der Waals surface area (Å²) < 4.78 is 21.5. The third-order valence-electron chi connectivity index (χ3n) is 4.74. The molecule has 0 aromatic heterocycles. The maximum Gasteiger partial charge on any atom is 0.187 e. The molecule has 0 spiro atoms. The summed E-state index contributed by atoms with van der Waals surface area (Å²) >= 11 is 0. The summed E-state index contributed by atoms with van der Waals surface area (Å²) in [5, 5.41) is 69.0. The number of hydrogen-bond donors (Lipinski definition) is 7. The number of hydrogen-bond acceptors (Lipinski definition) is 11. The van der Waals surface area contributed by atoms with Crippen molar-refractivity contribution >= 4 is 0 Å². The van der Waals surface area contributed by atoms with Gasteiger partial charge in [0.25, 0.3) is 0 Å². The monoisotopic (exact) mass is 398 g/mol. The van der Waals surface area contributed by atoms with Crippen LogP contribution in [0.1, 0.15) is 19.8 Å². The van der Waals surface area contributed by atoms with Gasteiger partial charge in [-0.05, 0) is 6.42 Å². The van der Waals surface area contributed by atoms with Crippen molar-refractivity contribution in [3.05, 3.63) is 0 Å². The van der Waals surface area contributed by atoms with Crippen LogP contribution < -0.4 is 0 Å². The summed E-state index contributed by atoms with van der Waals surface area (Å²) in [5.41, 5.74) is 0. The first kappa shape index (κ1) is 22.8. The van der Waals surface area contributed by atoms with Crippen LogP contribution in [-0.4, -0.2) is 117 Å². The van der Waals surface area contributed by atoms with Crippen molar-refractivity contribution in [3.63, 3.8) is 0 Å². The molecule has 2 aliphatic heterocycles. The lowest BCUT2D eigenvalue weighted by Gasteiger charge is -2.45. The molecule has 0 bridgehead atoms. The van der Waals surface area contributed by atoms with E-state index in [1.165, 1.54) is 0 Å². The summed E-state index contributed by atoms with van der Waals surface area (Å²) in [5.74, 6) is 0. The fourth-order valence-electron chi connectivity index (χ4n) is 3.04. The molecule has 2 saturated heterocycles. The standard InChI is InChI=1S/C16H30O11/c1-2-3-4-24-15-13(23)11(21)14(8(6-18)26-15)27-16-12(22)10(20)9(19)7(5-17)25-16/h7-23H,2-6H2,1H3/t7-,8-,9+,10+,11-,12-,13-,14-,15-,16+/m1/s1. The highest BCUT2D eigenvalue weighted by atomic mass is 16.7. The molecule has 2 heterocycles. The van der Waals surface area contributed by atoms with Crippen LogP contribution in [-0.2, 0) is 18.9 Å². The molecule has 2 fully saturated rings. The van der Waals surface area contributed by atoms with E-state index < -0.39 is 74.6 Å². The maximum atomic E-state index is 10.4. The lowest BCUT2D eigenvalue weighted by Crippen LogP contribution is -2.64. The number of rotatable bonds is 8. The van der Waals surface area contributed by atoms with E-state index in [2.05, 4.69) is 0 Å². The highest BCUT2D eigenvalue weighted by molar-refractivity contribution is 4.94. The molecule has 0 radical (unpaired) electrons. The van der Waals surface area contributed by atoms with Crippen molar-refractivity contribution in [1.82, 2.24) is 0 Å². The summed E-state index contributed by atoms with van der Waals surface area (Å²) in [6.45, 7) is 1.02. The number of unbranched alkanes of at least 4 members (excludes halogenated alkanes) is 1. The molecule has 10 atom stereocenters. The highest BCUT2D eigenvalue weighted by Crippen LogP contribution is 2.29. The Bertz CT molecular complexity index is 435. The predicted octanol–water partition coefficient (Wildman–Crippen LogP) is -3.57. The van der Waals surface area contributed by atoms with Crippen LogP contribution in [0.4, 0.5) is 0 Å². The van der Waals surface area contributed by atoms with Crippen LogP contribution in [0, 0.1) is 0 Å². The second kappa shape index (κ2) is 10.4. The van der Waals surface area contributed by atoms with E-state index in [9.17, 15) is 35.7 Å². The number of aliphatic hydroxyl groups excluding tert-OH is 7. The van der Waals surface area contributed by atoms with Gasteiger partial charge in [0.15, 0.2) is 12.6 Å². The van der Waals surface area contributed by atoms with Crippen molar-refractivity contribution in [3.8, 4) is 0 Å². The van der Waals surface area contributed by atoms with E-state index in [0.717, 1.165) is 12.8 Å². The quantitative estimate of drug-likeness (QED) is 0.201. The minimum atomic E-state index is -1.69. The van der Waals surface area contributed by atoms with Gasteiger partial charge in [-0.15, -0.1) is 0 Å². The van der Waals surface area contributed by atoms with Gasteiger partial charge in [0.2, 0.25) is 0 Å². The molecule has 11 heteroatoms. The van der Waals surface area contributed by atoms with Crippen molar-refractivity contribution in [2.45, 2.75) is 81.2 Å². The largest absolute Gasteiger partial charge is 0.394 e. The van der Waals surface area contributed by atoms with Crippen LogP contribution in [0.5, 0.6) is 0 Å². The third-order valence-corrected chi connectivity index (χ3v) is 4.74. The molecule has 0 aromatic carbocycles. The van der Waals surface area contributed by atoms with Crippen molar-refractivity contribution in [1.29, 1.82) is 0 Å². The fourth-order valence-corrected chi connectivity index (χ4v) is 3.04. The normalized spacial score (nSPS) is 45.8. The van der Waals surface area contributed by atoms with E-state index >= 15 is 0 Å². The van der Waals surface area contributed by atoms with Gasteiger partial charge in [0.1, 0.15) is 48.8 Å². The van der Waals surface area contributed by atoms with Crippen molar-refractivity contribution in [2.75, 3.05) is 19.8 Å². The molecule has 0 saturated carbocycles. The van der Waals surface area contributed by atoms with E-state index in [1.54, 1.807) is 0 Å². The lowest BCUT2D eigenvalue weighted by atomic mass is 9.97. The van der Waals surface area contributed by atoms with Gasteiger partial charge >= 0.3 is 0 Å². The first-order chi connectivity index (χ1) is 12.8. The van der Waals surface area contributed by atoms with Gasteiger partial charge in [-0.25, -0.2) is 0 Å². The van der Waals surface area contributed by atoms with Crippen molar-refractivity contribution in [2.24, 2.45) is 0 Å². The summed E-state index contributed by atoms with van der Waals surface area (Å²) in [6.07, 6.45) is -12.7. The molecule has 2 rings (SSSR count). The zero-order valence-electron chi connectivity index (χ0n) is 15.1. The van der Waals surface area contributed by atoms with Gasteiger partial charge in [-0.2, -0.15) is 0 Å². The average Bonchev–Trinajstić information content (AvgIpc) is 2.67. The Balaban J connectivity index is 2.06. The third kappa shape index (κ3) is 5.14. The van der Waals surface area contributed by atoms with Crippen LogP contribution >= 0.6 is 0 Å². The Hall–Kier alpha value is -0.440. The Morgan fingerprint density at radius 2 is 1.33 bits per heavy atom. The maximum absolute atomic E-state index is 10.4. The minimum Gasteiger partial charge on any atom is -0.394 e. The van der Waals surface area contributed by atoms with Gasteiger partial charge in [0, 0.05) is 6.61 Å². The molecule has 0 unspecified atom stereocenters. The van der Waals surface area contributed by atoms with E-state index in [1.807, 2.05) is 6.92 Å². The first-order valence-corrected chi connectivity index (χ1v) is 9.05. The Kier molecular flexibility index (Phi) is 8.77. The van der Waals surface area contributed by atoms with Gasteiger partial charge < -0.3 is 54.7 Å². The zero-order chi connectivity index (χ0) is 20.1. The molecule has 0 aliphatic carbocycles. The van der Waals surface area contributed by atoms with Crippen LogP contribution in [0.25, 0.3) is 0 Å². The molecule has 0 amide bonds. The van der Waals surface area contributed by atoms with Crippen LogP contribution in [0.3, 0.4) is 0 Å². The van der Waals surface area contributed by atoms with E-state index in [4.69, 9.17) is 18.9 Å². The molecule has 27 heavy (non-hydrogen) atoms. The van der Waals surface area contributed by atoms with Gasteiger partial charge in [0.05, 0.1) is 13.2 Å². The predicted molar refractivity (Wildman–Crippen MR) is 87.3 cm³/mol. The second-order valence-electron chi connectivity index (χ2n) is 6.73.